The summed E-state index contributed by atoms with van der Waals surface area (Å²) in [4.78, 5) is 4.06. The van der Waals surface area contributed by atoms with Crippen LogP contribution in [-0.2, 0) is 10.0 Å². The van der Waals surface area contributed by atoms with Gasteiger partial charge in [0.2, 0.25) is 10.0 Å². The maximum atomic E-state index is 11.9. The van der Waals surface area contributed by atoms with Gasteiger partial charge in [-0.05, 0) is 18.1 Å². The van der Waals surface area contributed by atoms with Gasteiger partial charge in [-0.2, -0.15) is 0 Å². The van der Waals surface area contributed by atoms with Crippen molar-refractivity contribution in [1.29, 1.82) is 0 Å². The molecule has 22 heavy (non-hydrogen) atoms. The lowest BCUT2D eigenvalue weighted by molar-refractivity contribution is 0.581. The molecule has 0 spiro atoms. The lowest BCUT2D eigenvalue weighted by Gasteiger charge is -2.13. The van der Waals surface area contributed by atoms with E-state index in [4.69, 9.17) is 11.6 Å². The van der Waals surface area contributed by atoms with Gasteiger partial charge in [0.05, 0.1) is 4.34 Å². The molecule has 0 atom stereocenters. The molecule has 0 aliphatic rings. The van der Waals surface area contributed by atoms with E-state index in [0.717, 1.165) is 17.9 Å². The van der Waals surface area contributed by atoms with Gasteiger partial charge in [0.1, 0.15) is 4.21 Å². The van der Waals surface area contributed by atoms with Crippen LogP contribution in [0.3, 0.4) is 0 Å². The van der Waals surface area contributed by atoms with Gasteiger partial charge in [0.15, 0.2) is 5.96 Å². The summed E-state index contributed by atoms with van der Waals surface area (Å²) in [5, 5.41) is 6.19. The van der Waals surface area contributed by atoms with Crippen molar-refractivity contribution in [2.75, 3.05) is 26.7 Å². The summed E-state index contributed by atoms with van der Waals surface area (Å²) in [7, 11) is -1.81. The molecule has 0 amide bonds. The molecule has 0 unspecified atom stereocenters. The molecular weight excluding hydrogens is 459 g/mol. The minimum atomic E-state index is -3.49. The Morgan fingerprint density at radius 3 is 2.50 bits per heavy atom. The number of hydrogen-bond donors (Lipinski definition) is 3. The van der Waals surface area contributed by atoms with E-state index >= 15 is 0 Å². The zero-order valence-electron chi connectivity index (χ0n) is 12.7. The van der Waals surface area contributed by atoms with Gasteiger partial charge in [-0.3, -0.25) is 4.99 Å². The van der Waals surface area contributed by atoms with E-state index in [1.165, 1.54) is 6.07 Å². The molecule has 0 aromatic carbocycles. The Labute approximate surface area is 158 Å². The molecule has 0 bridgehead atoms. The van der Waals surface area contributed by atoms with Crippen LogP contribution in [0.25, 0.3) is 0 Å². The molecular formula is C12H22ClIN4O2S2. The van der Waals surface area contributed by atoms with Crippen LogP contribution in [0, 0.1) is 5.92 Å². The minimum absolute atomic E-state index is 0. The highest BCUT2D eigenvalue weighted by Crippen LogP contribution is 2.24. The molecule has 3 N–H and O–H groups in total. The second-order valence-electron chi connectivity index (χ2n) is 4.73. The number of halogens is 2. The highest BCUT2D eigenvalue weighted by Gasteiger charge is 2.15. The third-order valence-electron chi connectivity index (χ3n) is 2.42. The first-order valence-corrected chi connectivity index (χ1v) is 9.22. The van der Waals surface area contributed by atoms with E-state index in [1.54, 1.807) is 13.1 Å². The Hall–Kier alpha value is -0.100. The van der Waals surface area contributed by atoms with E-state index in [1.807, 2.05) is 0 Å². The van der Waals surface area contributed by atoms with E-state index in [9.17, 15) is 8.42 Å². The van der Waals surface area contributed by atoms with E-state index < -0.39 is 10.0 Å². The van der Waals surface area contributed by atoms with Crippen molar-refractivity contribution >= 4 is 62.9 Å². The third-order valence-corrected chi connectivity index (χ3v) is 5.61. The van der Waals surface area contributed by atoms with Gasteiger partial charge >= 0.3 is 0 Å². The molecule has 1 aromatic heterocycles. The van der Waals surface area contributed by atoms with Crippen LogP contribution < -0.4 is 15.4 Å². The second-order valence-corrected chi connectivity index (χ2v) is 8.44. The first-order chi connectivity index (χ1) is 9.85. The minimum Gasteiger partial charge on any atom is -0.356 e. The second kappa shape index (κ2) is 10.6. The molecule has 10 heteroatoms. The van der Waals surface area contributed by atoms with Crippen molar-refractivity contribution < 1.29 is 8.42 Å². The van der Waals surface area contributed by atoms with Crippen LogP contribution >= 0.6 is 46.9 Å². The Bertz CT molecular complexity index is 575. The molecule has 0 fully saturated rings. The summed E-state index contributed by atoms with van der Waals surface area (Å²) >= 11 is 6.77. The number of aliphatic imine (C=N–C) groups is 1. The van der Waals surface area contributed by atoms with Crippen LogP contribution in [0.15, 0.2) is 21.3 Å². The fourth-order valence-corrected chi connectivity index (χ4v) is 3.96. The molecule has 6 nitrogen and oxygen atoms in total. The zero-order valence-corrected chi connectivity index (χ0v) is 17.4. The lowest BCUT2D eigenvalue weighted by atomic mass is 10.2. The highest BCUT2D eigenvalue weighted by atomic mass is 127. The molecule has 0 saturated heterocycles. The van der Waals surface area contributed by atoms with Crippen molar-refractivity contribution in [2.24, 2.45) is 10.9 Å². The summed E-state index contributed by atoms with van der Waals surface area (Å²) in [5.41, 5.74) is 0. The predicted octanol–water partition coefficient (Wildman–Crippen LogP) is 2.12. The van der Waals surface area contributed by atoms with Crippen molar-refractivity contribution in [1.82, 2.24) is 15.4 Å². The van der Waals surface area contributed by atoms with Crippen molar-refractivity contribution in [3.05, 3.63) is 16.5 Å². The van der Waals surface area contributed by atoms with Gasteiger partial charge in [0.25, 0.3) is 0 Å². The SMILES string of the molecule is CN=C(NCCNS(=O)(=O)c1ccc(Cl)s1)NCC(C)C.I. The number of nitrogens with zero attached hydrogens (tertiary/aromatic N) is 1. The van der Waals surface area contributed by atoms with Gasteiger partial charge in [-0.15, -0.1) is 35.3 Å². The van der Waals surface area contributed by atoms with Crippen LogP contribution in [0.5, 0.6) is 0 Å². The number of thiophene rings is 1. The number of hydrogen-bond acceptors (Lipinski definition) is 4. The van der Waals surface area contributed by atoms with Crippen LogP contribution in [-0.4, -0.2) is 41.1 Å². The largest absolute Gasteiger partial charge is 0.356 e. The average molecular weight is 481 g/mol. The van der Waals surface area contributed by atoms with Crippen molar-refractivity contribution in [3.8, 4) is 0 Å². The zero-order chi connectivity index (χ0) is 15.9. The fourth-order valence-electron chi connectivity index (χ4n) is 1.40. The molecule has 1 aromatic rings. The molecule has 1 heterocycles. The normalized spacial score (nSPS) is 12.1. The number of guanidine groups is 1. The summed E-state index contributed by atoms with van der Waals surface area (Å²) in [6.07, 6.45) is 0. The number of rotatable bonds is 7. The summed E-state index contributed by atoms with van der Waals surface area (Å²) < 4.78 is 27.1. The molecule has 0 saturated carbocycles. The summed E-state index contributed by atoms with van der Waals surface area (Å²) in [6, 6.07) is 3.06. The average Bonchev–Trinajstić information content (AvgIpc) is 2.85. The first-order valence-electron chi connectivity index (χ1n) is 6.54. The lowest BCUT2D eigenvalue weighted by Crippen LogP contribution is -2.42. The van der Waals surface area contributed by atoms with Gasteiger partial charge < -0.3 is 10.6 Å². The van der Waals surface area contributed by atoms with E-state index in [-0.39, 0.29) is 34.7 Å². The first kappa shape index (κ1) is 21.9. The number of sulfonamides is 1. The van der Waals surface area contributed by atoms with Crippen LogP contribution in [0.4, 0.5) is 0 Å². The van der Waals surface area contributed by atoms with Gasteiger partial charge in [-0.1, -0.05) is 25.4 Å². The standard InChI is InChI=1S/C12H21ClN4O2S2.HI/c1-9(2)8-16-12(14-3)15-6-7-17-21(18,19)11-5-4-10(13)20-11;/h4-5,9,17H,6-8H2,1-3H3,(H2,14,15,16);1H. The van der Waals surface area contributed by atoms with Crippen molar-refractivity contribution in [3.63, 3.8) is 0 Å². The maximum absolute atomic E-state index is 11.9. The highest BCUT2D eigenvalue weighted by molar-refractivity contribution is 14.0. The predicted molar refractivity (Wildman–Crippen MR) is 104 cm³/mol. The Morgan fingerprint density at radius 2 is 2.00 bits per heavy atom. The topological polar surface area (TPSA) is 82.6 Å². The van der Waals surface area contributed by atoms with Crippen LogP contribution in [0.2, 0.25) is 4.34 Å². The molecule has 0 aliphatic heterocycles. The monoisotopic (exact) mass is 480 g/mol. The molecule has 0 aliphatic carbocycles. The third kappa shape index (κ3) is 7.95. The van der Waals surface area contributed by atoms with Crippen molar-refractivity contribution in [2.45, 2.75) is 18.1 Å². The summed E-state index contributed by atoms with van der Waals surface area (Å²) in [6.45, 7) is 5.70. The molecule has 1 rings (SSSR count). The fraction of sp³-hybridized carbons (Fsp3) is 0.583. The Kier molecular flexibility index (Phi) is 10.6. The molecule has 128 valence electrons. The van der Waals surface area contributed by atoms with E-state index in [2.05, 4.69) is 34.2 Å². The number of nitrogens with one attached hydrogen (secondary N) is 3. The van der Waals surface area contributed by atoms with E-state index in [0.29, 0.717) is 22.8 Å². The Morgan fingerprint density at radius 1 is 1.32 bits per heavy atom. The van der Waals surface area contributed by atoms with Crippen LogP contribution in [0.1, 0.15) is 13.8 Å². The van der Waals surface area contributed by atoms with Gasteiger partial charge in [0, 0.05) is 26.7 Å². The summed E-state index contributed by atoms with van der Waals surface area (Å²) in [5.74, 6) is 1.16. The quantitative estimate of drug-likeness (QED) is 0.242. The maximum Gasteiger partial charge on any atom is 0.250 e. The smallest absolute Gasteiger partial charge is 0.250 e. The molecule has 0 radical (unpaired) electrons. The Balaban J connectivity index is 0.00000441. The van der Waals surface area contributed by atoms with Gasteiger partial charge in [-0.25, -0.2) is 13.1 Å².